The SMILES string of the molecule is CC(=O)c1ccc(N=C2NC(=O)/C(=C\c3cc(Cl)ccc3C(C)=O)S2)cc1. The largest absolute Gasteiger partial charge is 0.300 e. The molecule has 136 valence electrons. The van der Waals surface area contributed by atoms with Crippen LogP contribution in [-0.2, 0) is 4.79 Å². The van der Waals surface area contributed by atoms with Gasteiger partial charge in [-0.15, -0.1) is 0 Å². The number of Topliss-reactive ketones (excluding diaryl/α,β-unsaturated/α-hetero) is 2. The van der Waals surface area contributed by atoms with Gasteiger partial charge in [-0.2, -0.15) is 0 Å². The van der Waals surface area contributed by atoms with Gasteiger partial charge in [0.1, 0.15) is 0 Å². The first-order chi connectivity index (χ1) is 12.8. The first-order valence-corrected chi connectivity index (χ1v) is 9.24. The van der Waals surface area contributed by atoms with Gasteiger partial charge in [0.2, 0.25) is 0 Å². The summed E-state index contributed by atoms with van der Waals surface area (Å²) in [5.41, 5.74) is 2.29. The third-order valence-corrected chi connectivity index (χ3v) is 4.98. The van der Waals surface area contributed by atoms with E-state index in [9.17, 15) is 14.4 Å². The Morgan fingerprint density at radius 3 is 2.41 bits per heavy atom. The number of hydrogen-bond acceptors (Lipinski definition) is 5. The lowest BCUT2D eigenvalue weighted by atomic mass is 10.0. The van der Waals surface area contributed by atoms with Crippen molar-refractivity contribution in [3.8, 4) is 0 Å². The molecule has 7 heteroatoms. The zero-order chi connectivity index (χ0) is 19.6. The lowest BCUT2D eigenvalue weighted by Gasteiger charge is -2.03. The topological polar surface area (TPSA) is 75.6 Å². The highest BCUT2D eigenvalue weighted by molar-refractivity contribution is 8.18. The summed E-state index contributed by atoms with van der Waals surface area (Å²) in [6.07, 6.45) is 1.63. The van der Waals surface area contributed by atoms with Gasteiger partial charge < -0.3 is 5.32 Å². The molecular formula is C20H15ClN2O3S. The van der Waals surface area contributed by atoms with Crippen LogP contribution in [0, 0.1) is 0 Å². The summed E-state index contributed by atoms with van der Waals surface area (Å²) in [6.45, 7) is 2.96. The predicted molar refractivity (Wildman–Crippen MR) is 109 cm³/mol. The monoisotopic (exact) mass is 398 g/mol. The van der Waals surface area contributed by atoms with Gasteiger partial charge in [0, 0.05) is 16.1 Å². The molecule has 0 unspecified atom stereocenters. The number of nitrogens with zero attached hydrogens (tertiary/aromatic N) is 1. The van der Waals surface area contributed by atoms with E-state index in [0.717, 1.165) is 0 Å². The van der Waals surface area contributed by atoms with E-state index in [1.54, 1.807) is 48.5 Å². The van der Waals surface area contributed by atoms with Crippen molar-refractivity contribution in [2.75, 3.05) is 0 Å². The summed E-state index contributed by atoms with van der Waals surface area (Å²) in [7, 11) is 0. The number of aliphatic imine (C=N–C) groups is 1. The molecule has 1 saturated heterocycles. The molecule has 0 aromatic heterocycles. The van der Waals surface area contributed by atoms with Crippen LogP contribution >= 0.6 is 23.4 Å². The summed E-state index contributed by atoms with van der Waals surface area (Å²) in [6, 6.07) is 11.7. The molecular weight excluding hydrogens is 384 g/mol. The van der Waals surface area contributed by atoms with Crippen LogP contribution in [0.25, 0.3) is 6.08 Å². The molecule has 2 aromatic carbocycles. The van der Waals surface area contributed by atoms with Crippen molar-refractivity contribution >= 4 is 57.8 Å². The normalized spacial score (nSPS) is 16.6. The quantitative estimate of drug-likeness (QED) is 0.601. The third kappa shape index (κ3) is 4.53. The van der Waals surface area contributed by atoms with Crippen molar-refractivity contribution < 1.29 is 14.4 Å². The van der Waals surface area contributed by atoms with Gasteiger partial charge in [0.15, 0.2) is 16.7 Å². The van der Waals surface area contributed by atoms with Crippen molar-refractivity contribution in [1.29, 1.82) is 0 Å². The van der Waals surface area contributed by atoms with Crippen molar-refractivity contribution in [2.24, 2.45) is 4.99 Å². The van der Waals surface area contributed by atoms with Crippen LogP contribution in [0.15, 0.2) is 52.4 Å². The molecule has 0 aliphatic carbocycles. The highest BCUT2D eigenvalue weighted by atomic mass is 35.5. The minimum Gasteiger partial charge on any atom is -0.300 e. The Kier molecular flexibility index (Phi) is 5.58. The molecule has 1 N–H and O–H groups in total. The molecule has 0 bridgehead atoms. The Bertz CT molecular complexity index is 1010. The fourth-order valence-electron chi connectivity index (χ4n) is 2.48. The van der Waals surface area contributed by atoms with E-state index < -0.39 is 0 Å². The number of carbonyl (C=O) groups excluding carboxylic acids is 3. The van der Waals surface area contributed by atoms with E-state index in [2.05, 4.69) is 10.3 Å². The zero-order valence-corrected chi connectivity index (χ0v) is 16.1. The molecule has 0 saturated carbocycles. The molecule has 1 heterocycles. The number of rotatable bonds is 4. The first-order valence-electron chi connectivity index (χ1n) is 8.04. The molecule has 1 fully saturated rings. The maximum atomic E-state index is 12.2. The molecule has 3 rings (SSSR count). The average molecular weight is 399 g/mol. The minimum atomic E-state index is -0.298. The Hall–Kier alpha value is -2.70. The average Bonchev–Trinajstić information content (AvgIpc) is 2.94. The number of halogens is 1. The van der Waals surface area contributed by atoms with Gasteiger partial charge in [-0.1, -0.05) is 11.6 Å². The van der Waals surface area contributed by atoms with Gasteiger partial charge in [-0.05, 0) is 79.7 Å². The van der Waals surface area contributed by atoms with Crippen LogP contribution < -0.4 is 5.32 Å². The van der Waals surface area contributed by atoms with Crippen molar-refractivity contribution in [2.45, 2.75) is 13.8 Å². The van der Waals surface area contributed by atoms with Gasteiger partial charge in [0.05, 0.1) is 10.6 Å². The van der Waals surface area contributed by atoms with Gasteiger partial charge in [0.25, 0.3) is 5.91 Å². The van der Waals surface area contributed by atoms with E-state index in [1.807, 2.05) is 0 Å². The highest BCUT2D eigenvalue weighted by Crippen LogP contribution is 2.30. The summed E-state index contributed by atoms with van der Waals surface area (Å²) in [5, 5.41) is 3.60. The van der Waals surface area contributed by atoms with Crippen LogP contribution in [0.5, 0.6) is 0 Å². The van der Waals surface area contributed by atoms with Gasteiger partial charge in [-0.25, -0.2) is 4.99 Å². The molecule has 0 radical (unpaired) electrons. The molecule has 0 spiro atoms. The fraction of sp³-hybridized carbons (Fsp3) is 0.100. The molecule has 1 aliphatic heterocycles. The Morgan fingerprint density at radius 2 is 1.78 bits per heavy atom. The maximum absolute atomic E-state index is 12.2. The van der Waals surface area contributed by atoms with Crippen LogP contribution in [0.3, 0.4) is 0 Å². The Morgan fingerprint density at radius 1 is 1.07 bits per heavy atom. The van der Waals surface area contributed by atoms with Gasteiger partial charge >= 0.3 is 0 Å². The molecule has 2 aromatic rings. The molecule has 1 amide bonds. The van der Waals surface area contributed by atoms with Crippen LogP contribution in [0.2, 0.25) is 5.02 Å². The molecule has 5 nitrogen and oxygen atoms in total. The first kappa shape index (κ1) is 19.1. The van der Waals surface area contributed by atoms with Crippen LogP contribution in [-0.4, -0.2) is 22.6 Å². The summed E-state index contributed by atoms with van der Waals surface area (Å²) in [4.78, 5) is 40.1. The second-order valence-electron chi connectivity index (χ2n) is 5.87. The lowest BCUT2D eigenvalue weighted by molar-refractivity contribution is -0.115. The number of benzene rings is 2. The zero-order valence-electron chi connectivity index (χ0n) is 14.6. The maximum Gasteiger partial charge on any atom is 0.264 e. The van der Waals surface area contributed by atoms with E-state index in [-0.39, 0.29) is 17.5 Å². The number of amidine groups is 1. The Labute approximate surface area is 165 Å². The van der Waals surface area contributed by atoms with E-state index in [4.69, 9.17) is 11.6 Å². The summed E-state index contributed by atoms with van der Waals surface area (Å²) in [5.74, 6) is -0.430. The number of hydrogen-bond donors (Lipinski definition) is 1. The van der Waals surface area contributed by atoms with E-state index >= 15 is 0 Å². The van der Waals surface area contributed by atoms with Crippen LogP contribution in [0.1, 0.15) is 40.1 Å². The number of carbonyl (C=O) groups is 3. The molecule has 27 heavy (non-hydrogen) atoms. The van der Waals surface area contributed by atoms with Crippen LogP contribution in [0.4, 0.5) is 5.69 Å². The number of amides is 1. The number of ketones is 2. The number of nitrogens with one attached hydrogen (secondary N) is 1. The van der Waals surface area contributed by atoms with Crippen molar-refractivity contribution in [3.63, 3.8) is 0 Å². The molecule has 0 atom stereocenters. The van der Waals surface area contributed by atoms with Gasteiger partial charge in [-0.3, -0.25) is 14.4 Å². The third-order valence-electron chi connectivity index (χ3n) is 3.83. The fourth-order valence-corrected chi connectivity index (χ4v) is 3.50. The van der Waals surface area contributed by atoms with E-state index in [1.165, 1.54) is 25.6 Å². The lowest BCUT2D eigenvalue weighted by Crippen LogP contribution is -2.19. The summed E-state index contributed by atoms with van der Waals surface area (Å²) >= 11 is 7.19. The standard InChI is InChI=1S/C20H15ClN2O3S/c1-11(24)13-3-6-16(7-4-13)22-20-23-19(26)18(27-20)10-14-9-15(21)5-8-17(14)12(2)25/h3-10H,1-2H3,(H,22,23,26)/b18-10+. The predicted octanol–water partition coefficient (Wildman–Crippen LogP) is 4.64. The highest BCUT2D eigenvalue weighted by Gasteiger charge is 2.24. The molecule has 1 aliphatic rings. The smallest absolute Gasteiger partial charge is 0.264 e. The Balaban J connectivity index is 1.87. The van der Waals surface area contributed by atoms with Crippen molar-refractivity contribution in [3.05, 3.63) is 69.1 Å². The second-order valence-corrected chi connectivity index (χ2v) is 7.34. The minimum absolute atomic E-state index is 0.0224. The number of thioether (sulfide) groups is 1. The van der Waals surface area contributed by atoms with Crippen molar-refractivity contribution in [1.82, 2.24) is 5.32 Å². The van der Waals surface area contributed by atoms with E-state index in [0.29, 0.717) is 37.5 Å². The summed E-state index contributed by atoms with van der Waals surface area (Å²) < 4.78 is 0. The second kappa shape index (κ2) is 7.90.